The van der Waals surface area contributed by atoms with Crippen molar-refractivity contribution in [1.82, 2.24) is 4.90 Å². The molecule has 0 bridgehead atoms. The third kappa shape index (κ3) is 4.59. The van der Waals surface area contributed by atoms with Crippen LogP contribution in [0.25, 0.3) is 11.1 Å². The Balaban J connectivity index is 1.67. The number of ether oxygens (including phenoxy) is 1. The second kappa shape index (κ2) is 8.15. The third-order valence-corrected chi connectivity index (χ3v) is 4.55. The van der Waals surface area contributed by atoms with Gasteiger partial charge in [-0.25, -0.2) is 4.39 Å². The van der Waals surface area contributed by atoms with Crippen molar-refractivity contribution in [2.24, 2.45) is 0 Å². The first-order valence-corrected chi connectivity index (χ1v) is 8.90. The predicted molar refractivity (Wildman–Crippen MR) is 97.1 cm³/mol. The SMILES string of the molecule is Cc1cccc(-c2cc(F)ccc2OCCC(=O)N2CCCCC2)c1. The van der Waals surface area contributed by atoms with E-state index >= 15 is 0 Å². The Morgan fingerprint density at radius 2 is 1.92 bits per heavy atom. The molecule has 4 heteroatoms. The number of nitrogens with zero attached hydrogens (tertiary/aromatic N) is 1. The summed E-state index contributed by atoms with van der Waals surface area (Å²) in [5.74, 6) is 0.450. The van der Waals surface area contributed by atoms with Crippen molar-refractivity contribution in [2.75, 3.05) is 19.7 Å². The summed E-state index contributed by atoms with van der Waals surface area (Å²) < 4.78 is 19.5. The van der Waals surface area contributed by atoms with Crippen LogP contribution in [-0.2, 0) is 4.79 Å². The molecule has 0 saturated carbocycles. The number of rotatable bonds is 5. The first-order valence-electron chi connectivity index (χ1n) is 8.90. The fourth-order valence-electron chi connectivity index (χ4n) is 3.22. The molecule has 0 spiro atoms. The molecule has 3 nitrogen and oxygen atoms in total. The van der Waals surface area contributed by atoms with Crippen molar-refractivity contribution < 1.29 is 13.9 Å². The summed E-state index contributed by atoms with van der Waals surface area (Å²) >= 11 is 0. The predicted octanol–water partition coefficient (Wildman–Crippen LogP) is 4.58. The quantitative estimate of drug-likeness (QED) is 0.796. The van der Waals surface area contributed by atoms with Gasteiger partial charge in [-0.05, 0) is 49.9 Å². The fourth-order valence-corrected chi connectivity index (χ4v) is 3.22. The summed E-state index contributed by atoms with van der Waals surface area (Å²) in [5.41, 5.74) is 2.74. The van der Waals surface area contributed by atoms with Crippen LogP contribution in [0.3, 0.4) is 0 Å². The van der Waals surface area contributed by atoms with Gasteiger partial charge in [0.2, 0.25) is 5.91 Å². The van der Waals surface area contributed by atoms with E-state index in [1.54, 1.807) is 6.07 Å². The normalized spacial score (nSPS) is 14.4. The number of hydrogen-bond donors (Lipinski definition) is 0. The standard InChI is InChI=1S/C21H24FNO2/c1-16-6-5-7-17(14-16)19-15-18(22)8-9-20(19)25-13-10-21(24)23-11-3-2-4-12-23/h5-9,14-15H,2-4,10-13H2,1H3. The lowest BCUT2D eigenvalue weighted by molar-refractivity contribution is -0.132. The van der Waals surface area contributed by atoms with Gasteiger partial charge in [0.15, 0.2) is 0 Å². The average Bonchev–Trinajstić information content (AvgIpc) is 2.63. The number of amides is 1. The summed E-state index contributed by atoms with van der Waals surface area (Å²) in [6.07, 6.45) is 3.73. The molecule has 25 heavy (non-hydrogen) atoms. The molecule has 1 aliphatic rings. The molecule has 3 rings (SSSR count). The highest BCUT2D eigenvalue weighted by Gasteiger charge is 2.16. The highest BCUT2D eigenvalue weighted by atomic mass is 19.1. The monoisotopic (exact) mass is 341 g/mol. The van der Waals surface area contributed by atoms with E-state index in [-0.39, 0.29) is 11.7 Å². The molecule has 0 N–H and O–H groups in total. The van der Waals surface area contributed by atoms with Gasteiger partial charge in [0, 0.05) is 18.7 Å². The van der Waals surface area contributed by atoms with Crippen LogP contribution in [0.2, 0.25) is 0 Å². The van der Waals surface area contributed by atoms with Crippen molar-refractivity contribution in [3.63, 3.8) is 0 Å². The van der Waals surface area contributed by atoms with E-state index in [4.69, 9.17) is 4.74 Å². The van der Waals surface area contributed by atoms with E-state index in [1.807, 2.05) is 36.1 Å². The maximum atomic E-state index is 13.7. The van der Waals surface area contributed by atoms with Crippen LogP contribution in [0.15, 0.2) is 42.5 Å². The number of halogens is 1. The van der Waals surface area contributed by atoms with Crippen molar-refractivity contribution in [3.8, 4) is 16.9 Å². The second-order valence-corrected chi connectivity index (χ2v) is 6.55. The summed E-state index contributed by atoms with van der Waals surface area (Å²) in [5, 5.41) is 0. The molecule has 0 atom stereocenters. The van der Waals surface area contributed by atoms with Gasteiger partial charge in [-0.1, -0.05) is 29.8 Å². The maximum absolute atomic E-state index is 13.7. The van der Waals surface area contributed by atoms with E-state index in [1.165, 1.54) is 18.6 Å². The van der Waals surface area contributed by atoms with Gasteiger partial charge in [0.05, 0.1) is 13.0 Å². The molecule has 1 aliphatic heterocycles. The largest absolute Gasteiger partial charge is 0.492 e. The van der Waals surface area contributed by atoms with Gasteiger partial charge in [-0.15, -0.1) is 0 Å². The third-order valence-electron chi connectivity index (χ3n) is 4.55. The van der Waals surface area contributed by atoms with E-state index < -0.39 is 0 Å². The van der Waals surface area contributed by atoms with Gasteiger partial charge in [0.1, 0.15) is 11.6 Å². The molecular formula is C21H24FNO2. The molecule has 2 aromatic rings. The number of likely N-dealkylation sites (tertiary alicyclic amines) is 1. The number of carbonyl (C=O) groups is 1. The van der Waals surface area contributed by atoms with Crippen molar-refractivity contribution in [2.45, 2.75) is 32.6 Å². The Labute approximate surface area is 148 Å². The number of piperidine rings is 1. The molecule has 2 aromatic carbocycles. The Morgan fingerprint density at radius 3 is 2.68 bits per heavy atom. The lowest BCUT2D eigenvalue weighted by Gasteiger charge is -2.26. The minimum absolute atomic E-state index is 0.138. The first kappa shape index (κ1) is 17.5. The Hall–Kier alpha value is -2.36. The Bertz CT molecular complexity index is 738. The van der Waals surface area contributed by atoms with Gasteiger partial charge >= 0.3 is 0 Å². The van der Waals surface area contributed by atoms with Crippen LogP contribution in [-0.4, -0.2) is 30.5 Å². The van der Waals surface area contributed by atoms with E-state index in [9.17, 15) is 9.18 Å². The Kier molecular flexibility index (Phi) is 5.69. The van der Waals surface area contributed by atoms with Crippen LogP contribution in [0.5, 0.6) is 5.75 Å². The molecule has 0 radical (unpaired) electrons. The molecule has 0 unspecified atom stereocenters. The molecule has 1 heterocycles. The number of hydrogen-bond acceptors (Lipinski definition) is 2. The number of aryl methyl sites for hydroxylation is 1. The second-order valence-electron chi connectivity index (χ2n) is 6.55. The van der Waals surface area contributed by atoms with Crippen molar-refractivity contribution >= 4 is 5.91 Å². The minimum atomic E-state index is -0.298. The van der Waals surface area contributed by atoms with Crippen LogP contribution < -0.4 is 4.74 Å². The smallest absolute Gasteiger partial charge is 0.225 e. The molecule has 132 valence electrons. The maximum Gasteiger partial charge on any atom is 0.225 e. The topological polar surface area (TPSA) is 29.5 Å². The van der Waals surface area contributed by atoms with E-state index in [0.717, 1.165) is 37.1 Å². The van der Waals surface area contributed by atoms with Crippen LogP contribution in [0.4, 0.5) is 4.39 Å². The van der Waals surface area contributed by atoms with Crippen LogP contribution >= 0.6 is 0 Å². The number of benzene rings is 2. The highest BCUT2D eigenvalue weighted by Crippen LogP contribution is 2.31. The number of carbonyl (C=O) groups excluding carboxylic acids is 1. The Morgan fingerprint density at radius 1 is 1.12 bits per heavy atom. The summed E-state index contributed by atoms with van der Waals surface area (Å²) in [6.45, 7) is 4.01. The molecule has 0 aromatic heterocycles. The van der Waals surface area contributed by atoms with Gasteiger partial charge < -0.3 is 9.64 Å². The molecule has 1 saturated heterocycles. The lowest BCUT2D eigenvalue weighted by atomic mass is 10.0. The fraction of sp³-hybridized carbons (Fsp3) is 0.381. The van der Waals surface area contributed by atoms with Gasteiger partial charge in [-0.3, -0.25) is 4.79 Å². The van der Waals surface area contributed by atoms with Crippen molar-refractivity contribution in [3.05, 3.63) is 53.8 Å². The van der Waals surface area contributed by atoms with Gasteiger partial charge in [0.25, 0.3) is 0 Å². The highest BCUT2D eigenvalue weighted by molar-refractivity contribution is 5.76. The summed E-state index contributed by atoms with van der Waals surface area (Å²) in [4.78, 5) is 14.1. The van der Waals surface area contributed by atoms with Crippen LogP contribution in [0.1, 0.15) is 31.2 Å². The zero-order valence-corrected chi connectivity index (χ0v) is 14.6. The zero-order valence-electron chi connectivity index (χ0n) is 14.6. The van der Waals surface area contributed by atoms with E-state index in [0.29, 0.717) is 24.3 Å². The summed E-state index contributed by atoms with van der Waals surface area (Å²) in [7, 11) is 0. The minimum Gasteiger partial charge on any atom is -0.492 e. The molecule has 1 fully saturated rings. The molecular weight excluding hydrogens is 317 g/mol. The van der Waals surface area contributed by atoms with Crippen molar-refractivity contribution in [1.29, 1.82) is 0 Å². The molecule has 1 amide bonds. The first-order chi connectivity index (χ1) is 12.1. The average molecular weight is 341 g/mol. The lowest BCUT2D eigenvalue weighted by Crippen LogP contribution is -2.36. The van der Waals surface area contributed by atoms with E-state index in [2.05, 4.69) is 0 Å². The molecule has 0 aliphatic carbocycles. The zero-order chi connectivity index (χ0) is 17.6. The summed E-state index contributed by atoms with van der Waals surface area (Å²) in [6, 6.07) is 12.4. The van der Waals surface area contributed by atoms with Gasteiger partial charge in [-0.2, -0.15) is 0 Å². The van der Waals surface area contributed by atoms with Crippen LogP contribution in [0, 0.1) is 12.7 Å².